The molecule has 0 nitrogen and oxygen atoms in total. The van der Waals surface area contributed by atoms with E-state index in [0.717, 1.165) is 5.57 Å². The van der Waals surface area contributed by atoms with Crippen LogP contribution in [-0.4, -0.2) is 0 Å². The summed E-state index contributed by atoms with van der Waals surface area (Å²) in [5, 5.41) is 0. The normalized spacial score (nSPS) is 10.9. The van der Waals surface area contributed by atoms with E-state index in [1.807, 2.05) is 26.8 Å². The van der Waals surface area contributed by atoms with E-state index in [2.05, 4.69) is 12.3 Å². The summed E-state index contributed by atoms with van der Waals surface area (Å²) in [6.07, 6.45) is 0. The first kappa shape index (κ1) is 10.7. The second-order valence-corrected chi connectivity index (χ2v) is 4.28. The summed E-state index contributed by atoms with van der Waals surface area (Å²) in [7, 11) is 0. The lowest BCUT2D eigenvalue weighted by Gasteiger charge is -2.21. The summed E-state index contributed by atoms with van der Waals surface area (Å²) < 4.78 is 13.5. The Bertz CT molecular complexity index is 376. The first-order valence-electron chi connectivity index (χ1n) is 4.62. The Hall–Kier alpha value is -1.33. The first-order chi connectivity index (χ1) is 6.46. The van der Waals surface area contributed by atoms with Crippen molar-refractivity contribution in [2.45, 2.75) is 20.8 Å². The largest absolute Gasteiger partial charge is 0.206 e. The van der Waals surface area contributed by atoms with Gasteiger partial charge in [0, 0.05) is 11.1 Å². The van der Waals surface area contributed by atoms with Crippen molar-refractivity contribution in [1.29, 1.82) is 0 Å². The zero-order chi connectivity index (χ0) is 10.8. The van der Waals surface area contributed by atoms with Gasteiger partial charge >= 0.3 is 0 Å². The second-order valence-electron chi connectivity index (χ2n) is 4.28. The fourth-order valence-electron chi connectivity index (χ4n) is 1.43. The van der Waals surface area contributed by atoms with E-state index in [-0.39, 0.29) is 11.2 Å². The fourth-order valence-corrected chi connectivity index (χ4v) is 1.43. The molecule has 1 heteroatoms. The van der Waals surface area contributed by atoms with Gasteiger partial charge < -0.3 is 0 Å². The molecule has 1 aromatic rings. The standard InChI is InChI=1S/C13H15F/c1-5-11(13(2,3)4)10-8-6-7-9-12(10)14/h6-9H,1H2,2-4H3. The van der Waals surface area contributed by atoms with E-state index >= 15 is 0 Å². The van der Waals surface area contributed by atoms with Gasteiger partial charge in [0.2, 0.25) is 0 Å². The summed E-state index contributed by atoms with van der Waals surface area (Å²) in [5.74, 6) is -0.214. The van der Waals surface area contributed by atoms with Gasteiger partial charge in [0.1, 0.15) is 5.82 Å². The Kier molecular flexibility index (Phi) is 2.93. The van der Waals surface area contributed by atoms with Crippen molar-refractivity contribution >= 4 is 5.57 Å². The molecule has 0 atom stereocenters. The highest BCUT2D eigenvalue weighted by Crippen LogP contribution is 2.33. The van der Waals surface area contributed by atoms with Crippen molar-refractivity contribution in [1.82, 2.24) is 0 Å². The average molecular weight is 190 g/mol. The third-order valence-electron chi connectivity index (χ3n) is 2.07. The van der Waals surface area contributed by atoms with Crippen LogP contribution in [0.3, 0.4) is 0 Å². The molecule has 1 aromatic carbocycles. The zero-order valence-corrected chi connectivity index (χ0v) is 8.89. The van der Waals surface area contributed by atoms with Crippen molar-refractivity contribution in [3.05, 3.63) is 48.0 Å². The van der Waals surface area contributed by atoms with Crippen LogP contribution in [0.2, 0.25) is 0 Å². The van der Waals surface area contributed by atoms with Crippen LogP contribution >= 0.6 is 0 Å². The van der Waals surface area contributed by atoms with Gasteiger partial charge in [-0.1, -0.05) is 45.5 Å². The maximum atomic E-state index is 13.5. The minimum absolute atomic E-state index is 0.135. The number of hydrogen-bond acceptors (Lipinski definition) is 0. The van der Waals surface area contributed by atoms with Crippen LogP contribution in [0.1, 0.15) is 26.3 Å². The van der Waals surface area contributed by atoms with Crippen molar-refractivity contribution < 1.29 is 4.39 Å². The second kappa shape index (κ2) is 3.81. The highest BCUT2D eigenvalue weighted by molar-refractivity contribution is 5.68. The molecule has 0 saturated heterocycles. The lowest BCUT2D eigenvalue weighted by Crippen LogP contribution is -2.08. The van der Waals surface area contributed by atoms with E-state index in [1.165, 1.54) is 6.07 Å². The number of hydrogen-bond donors (Lipinski definition) is 0. The first-order valence-corrected chi connectivity index (χ1v) is 4.62. The number of rotatable bonds is 1. The molecule has 0 aliphatic rings. The Balaban J connectivity index is 3.30. The molecule has 14 heavy (non-hydrogen) atoms. The van der Waals surface area contributed by atoms with Gasteiger partial charge in [0.05, 0.1) is 0 Å². The van der Waals surface area contributed by atoms with Gasteiger partial charge in [-0.05, 0) is 11.5 Å². The van der Waals surface area contributed by atoms with E-state index in [9.17, 15) is 4.39 Å². The summed E-state index contributed by atoms with van der Waals surface area (Å²) in [6.45, 7) is 9.68. The highest BCUT2D eigenvalue weighted by atomic mass is 19.1. The predicted octanol–water partition coefficient (Wildman–Crippen LogP) is 4.04. The number of allylic oxidation sites excluding steroid dienone is 1. The predicted molar refractivity (Wildman–Crippen MR) is 58.4 cm³/mol. The average Bonchev–Trinajstić information content (AvgIpc) is 2.07. The number of benzene rings is 1. The molecule has 0 unspecified atom stereocenters. The summed E-state index contributed by atoms with van der Waals surface area (Å²) in [5.41, 5.74) is 4.10. The quantitative estimate of drug-likeness (QED) is 0.586. The summed E-state index contributed by atoms with van der Waals surface area (Å²) in [6, 6.07) is 6.72. The van der Waals surface area contributed by atoms with E-state index < -0.39 is 0 Å². The Morgan fingerprint density at radius 1 is 1.29 bits per heavy atom. The van der Waals surface area contributed by atoms with Crippen LogP contribution in [0.4, 0.5) is 4.39 Å². The molecule has 0 N–H and O–H groups in total. The van der Waals surface area contributed by atoms with E-state index in [0.29, 0.717) is 5.56 Å². The molecule has 0 saturated carbocycles. The molecule has 0 spiro atoms. The minimum Gasteiger partial charge on any atom is -0.206 e. The van der Waals surface area contributed by atoms with Crippen LogP contribution < -0.4 is 0 Å². The van der Waals surface area contributed by atoms with Crippen LogP contribution in [0.15, 0.2) is 36.6 Å². The van der Waals surface area contributed by atoms with Gasteiger partial charge in [-0.2, -0.15) is 0 Å². The SMILES string of the molecule is C=C=C(c1ccccc1F)C(C)(C)C. The molecule has 0 aromatic heterocycles. The van der Waals surface area contributed by atoms with E-state index in [1.54, 1.807) is 12.1 Å². The maximum absolute atomic E-state index is 13.5. The molecular weight excluding hydrogens is 175 g/mol. The zero-order valence-electron chi connectivity index (χ0n) is 8.89. The van der Waals surface area contributed by atoms with Crippen molar-refractivity contribution in [3.8, 4) is 0 Å². The van der Waals surface area contributed by atoms with Crippen LogP contribution in [0.25, 0.3) is 5.57 Å². The minimum atomic E-state index is -0.214. The topological polar surface area (TPSA) is 0 Å². The smallest absolute Gasteiger partial charge is 0.131 e. The molecule has 0 bridgehead atoms. The lowest BCUT2D eigenvalue weighted by molar-refractivity contribution is 0.556. The molecule has 74 valence electrons. The molecule has 0 heterocycles. The third kappa shape index (κ3) is 2.12. The Labute approximate surface area is 84.8 Å². The molecule has 0 aliphatic carbocycles. The van der Waals surface area contributed by atoms with Crippen LogP contribution in [0.5, 0.6) is 0 Å². The van der Waals surface area contributed by atoms with Crippen molar-refractivity contribution in [3.63, 3.8) is 0 Å². The summed E-state index contributed by atoms with van der Waals surface area (Å²) >= 11 is 0. The van der Waals surface area contributed by atoms with Crippen molar-refractivity contribution in [2.75, 3.05) is 0 Å². The maximum Gasteiger partial charge on any atom is 0.131 e. The van der Waals surface area contributed by atoms with Gasteiger partial charge in [-0.15, -0.1) is 5.73 Å². The molecule has 0 radical (unpaired) electrons. The van der Waals surface area contributed by atoms with E-state index in [4.69, 9.17) is 0 Å². The third-order valence-corrected chi connectivity index (χ3v) is 2.07. The Morgan fingerprint density at radius 2 is 1.86 bits per heavy atom. The van der Waals surface area contributed by atoms with Crippen LogP contribution in [0, 0.1) is 11.2 Å². The Morgan fingerprint density at radius 3 is 2.29 bits per heavy atom. The molecule has 0 fully saturated rings. The summed E-state index contributed by atoms with van der Waals surface area (Å²) in [4.78, 5) is 0. The monoisotopic (exact) mass is 190 g/mol. The fraction of sp³-hybridized carbons (Fsp3) is 0.308. The number of halogens is 1. The van der Waals surface area contributed by atoms with Gasteiger partial charge in [0.15, 0.2) is 0 Å². The van der Waals surface area contributed by atoms with Crippen LogP contribution in [-0.2, 0) is 0 Å². The van der Waals surface area contributed by atoms with Gasteiger partial charge in [-0.3, -0.25) is 0 Å². The molecule has 0 aliphatic heterocycles. The molecular formula is C13H15F. The van der Waals surface area contributed by atoms with Gasteiger partial charge in [-0.25, -0.2) is 4.39 Å². The highest BCUT2D eigenvalue weighted by Gasteiger charge is 2.20. The molecule has 1 rings (SSSR count). The van der Waals surface area contributed by atoms with Gasteiger partial charge in [0.25, 0.3) is 0 Å². The molecule has 0 amide bonds. The van der Waals surface area contributed by atoms with Crippen molar-refractivity contribution in [2.24, 2.45) is 5.41 Å². The lowest BCUT2D eigenvalue weighted by atomic mass is 9.82.